The molecule has 0 amide bonds. The number of carbonyl (C=O) groups is 1. The summed E-state index contributed by atoms with van der Waals surface area (Å²) in [5.41, 5.74) is 6.52. The van der Waals surface area contributed by atoms with Crippen molar-refractivity contribution in [2.45, 2.75) is 25.3 Å². The van der Waals surface area contributed by atoms with Crippen LogP contribution in [0, 0.1) is 0 Å². The first kappa shape index (κ1) is 30.4. The van der Waals surface area contributed by atoms with Gasteiger partial charge in [-0.25, -0.2) is 4.79 Å². The molecule has 4 aromatic carbocycles. The minimum absolute atomic E-state index is 0.142. The molecule has 0 spiro atoms. The van der Waals surface area contributed by atoms with E-state index in [4.69, 9.17) is 14.3 Å². The molecule has 8 heteroatoms. The minimum atomic E-state index is -0.329. The quantitative estimate of drug-likeness (QED) is 0.135. The highest BCUT2D eigenvalue weighted by molar-refractivity contribution is 6.09. The van der Waals surface area contributed by atoms with Crippen LogP contribution in [0.2, 0.25) is 0 Å². The molecule has 2 aliphatic rings. The van der Waals surface area contributed by atoms with Crippen LogP contribution in [0.4, 0.5) is 5.69 Å². The summed E-state index contributed by atoms with van der Waals surface area (Å²) < 4.78 is 12.2. The predicted octanol–water partition coefficient (Wildman–Crippen LogP) is 7.11. The third kappa shape index (κ3) is 5.92. The van der Waals surface area contributed by atoms with Crippen molar-refractivity contribution in [2.75, 3.05) is 37.7 Å². The number of ether oxygens (including phenoxy) is 1. The molecule has 1 saturated heterocycles. The van der Waals surface area contributed by atoms with Crippen molar-refractivity contribution in [3.8, 4) is 0 Å². The van der Waals surface area contributed by atoms with E-state index >= 15 is 0 Å². The van der Waals surface area contributed by atoms with E-state index in [2.05, 4.69) is 59.7 Å². The fourth-order valence-corrected chi connectivity index (χ4v) is 6.72. The van der Waals surface area contributed by atoms with E-state index in [0.29, 0.717) is 22.6 Å². The van der Waals surface area contributed by atoms with Crippen LogP contribution in [0.1, 0.15) is 52.4 Å². The number of rotatable bonds is 8. The van der Waals surface area contributed by atoms with Crippen molar-refractivity contribution < 1.29 is 14.1 Å². The van der Waals surface area contributed by atoms with Crippen molar-refractivity contribution >= 4 is 45.3 Å². The van der Waals surface area contributed by atoms with Gasteiger partial charge in [-0.1, -0.05) is 67.3 Å². The number of esters is 1. The molecule has 1 aromatic heterocycles. The Hall–Kier alpha value is -5.21. The second kappa shape index (κ2) is 12.9. The van der Waals surface area contributed by atoms with Crippen LogP contribution in [-0.2, 0) is 11.8 Å². The first-order chi connectivity index (χ1) is 22.9. The highest BCUT2D eigenvalue weighted by Crippen LogP contribution is 2.35. The maximum atomic E-state index is 12.7. The fraction of sp³-hybridized carbons (Fsp3) is 0.256. The average Bonchev–Trinajstić information content (AvgIpc) is 3.42. The SMILES string of the molecule is C=CCOC(=O)c1ccc(N2CCN(C(C)c3ccc([C@H]4C=NC(c5cc6c(=O)n(C)oc6c6ccccc56)=CC4)cc3)CC2)cc1. The molecule has 0 saturated carbocycles. The molecule has 47 heavy (non-hydrogen) atoms. The molecular weight excluding hydrogens is 588 g/mol. The molecule has 5 aromatic rings. The number of hydrogen-bond donors (Lipinski definition) is 0. The molecule has 1 fully saturated rings. The zero-order chi connectivity index (χ0) is 32.5. The summed E-state index contributed by atoms with van der Waals surface area (Å²) >= 11 is 0. The number of aromatic nitrogens is 1. The zero-order valence-corrected chi connectivity index (χ0v) is 26.8. The molecule has 2 atom stereocenters. The summed E-state index contributed by atoms with van der Waals surface area (Å²) in [5.74, 6) is -0.136. The number of allylic oxidation sites excluding steroid dienone is 1. The zero-order valence-electron chi connectivity index (χ0n) is 26.8. The summed E-state index contributed by atoms with van der Waals surface area (Å²) in [6.07, 6.45) is 6.62. The van der Waals surface area contributed by atoms with Gasteiger partial charge in [-0.2, -0.15) is 4.74 Å². The molecule has 8 nitrogen and oxygen atoms in total. The fourth-order valence-electron chi connectivity index (χ4n) is 6.72. The normalized spacial score (nSPS) is 17.5. The number of nitrogens with zero attached hydrogens (tertiary/aromatic N) is 4. The number of hydrogen-bond acceptors (Lipinski definition) is 7. The van der Waals surface area contributed by atoms with Crippen molar-refractivity contribution in [3.05, 3.63) is 130 Å². The largest absolute Gasteiger partial charge is 0.458 e. The van der Waals surface area contributed by atoms with Gasteiger partial charge in [-0.3, -0.25) is 14.7 Å². The van der Waals surface area contributed by atoms with Gasteiger partial charge in [0.25, 0.3) is 5.56 Å². The Balaban J connectivity index is 0.983. The Kier molecular flexibility index (Phi) is 8.35. The van der Waals surface area contributed by atoms with Crippen molar-refractivity contribution in [1.82, 2.24) is 9.64 Å². The average molecular weight is 627 g/mol. The van der Waals surface area contributed by atoms with E-state index in [1.54, 1.807) is 13.1 Å². The van der Waals surface area contributed by atoms with Crippen LogP contribution in [0.3, 0.4) is 0 Å². The third-order valence-electron chi connectivity index (χ3n) is 9.48. The second-order valence-electron chi connectivity index (χ2n) is 12.2. The lowest BCUT2D eigenvalue weighted by Crippen LogP contribution is -2.47. The highest BCUT2D eigenvalue weighted by atomic mass is 16.5. The van der Waals surface area contributed by atoms with Crippen LogP contribution in [0.15, 0.2) is 112 Å². The Morgan fingerprint density at radius 3 is 2.40 bits per heavy atom. The molecule has 0 radical (unpaired) electrons. The van der Waals surface area contributed by atoms with Crippen LogP contribution in [0.5, 0.6) is 0 Å². The highest BCUT2D eigenvalue weighted by Gasteiger charge is 2.24. The summed E-state index contributed by atoms with van der Waals surface area (Å²) in [7, 11) is 1.64. The molecule has 1 unspecified atom stereocenters. The van der Waals surface area contributed by atoms with Crippen molar-refractivity contribution in [1.29, 1.82) is 0 Å². The Morgan fingerprint density at radius 1 is 1.00 bits per heavy atom. The van der Waals surface area contributed by atoms with Gasteiger partial charge in [-0.05, 0) is 60.2 Å². The Bertz CT molecular complexity index is 2060. The number of fused-ring (bicyclic) bond motifs is 3. The smallest absolute Gasteiger partial charge is 0.338 e. The molecule has 7 rings (SSSR count). The van der Waals surface area contributed by atoms with Gasteiger partial charge in [0, 0.05) is 68.0 Å². The summed E-state index contributed by atoms with van der Waals surface area (Å²) in [6.45, 7) is 9.84. The standard InChI is InChI=1S/C39H38N4O4/c1-4-23-46-39(45)29-13-16-31(17-14-29)43-21-19-42(20-22-43)26(2)27-9-11-28(12-10-27)30-15-18-36(40-25-30)34-24-35-37(47-41(3)38(35)44)33-8-6-5-7-32(33)34/h4-14,16-18,24-26,30H,1,15,19-23H2,2-3H3/t26?,30-/m1/s1. The van der Waals surface area contributed by atoms with E-state index in [1.807, 2.05) is 54.7 Å². The third-order valence-corrected chi connectivity index (χ3v) is 9.48. The van der Waals surface area contributed by atoms with Gasteiger partial charge in [0.2, 0.25) is 0 Å². The minimum Gasteiger partial charge on any atom is -0.458 e. The lowest BCUT2D eigenvalue weighted by Gasteiger charge is -2.39. The van der Waals surface area contributed by atoms with Crippen LogP contribution in [-0.4, -0.2) is 54.6 Å². The number of aryl methyl sites for hydroxylation is 1. The van der Waals surface area contributed by atoms with Crippen LogP contribution < -0.4 is 10.5 Å². The second-order valence-corrected chi connectivity index (χ2v) is 12.2. The lowest BCUT2D eigenvalue weighted by atomic mass is 9.91. The van der Waals surface area contributed by atoms with Crippen LogP contribution >= 0.6 is 0 Å². The molecular formula is C39H38N4O4. The molecule has 3 heterocycles. The maximum absolute atomic E-state index is 12.7. The van der Waals surface area contributed by atoms with Gasteiger partial charge in [0.1, 0.15) is 6.61 Å². The Labute approximate surface area is 273 Å². The van der Waals surface area contributed by atoms with Crippen molar-refractivity contribution in [2.24, 2.45) is 12.0 Å². The number of aliphatic imine (C=N–C) groups is 1. The van der Waals surface area contributed by atoms with Gasteiger partial charge >= 0.3 is 5.97 Å². The summed E-state index contributed by atoms with van der Waals surface area (Å²) in [4.78, 5) is 34.6. The number of piperazine rings is 1. The van der Waals surface area contributed by atoms with Crippen LogP contribution in [0.25, 0.3) is 27.4 Å². The summed E-state index contributed by atoms with van der Waals surface area (Å²) in [5, 5.41) is 2.51. The molecule has 0 aliphatic carbocycles. The van der Waals surface area contributed by atoms with E-state index < -0.39 is 0 Å². The lowest BCUT2D eigenvalue weighted by molar-refractivity contribution is 0.0549. The molecule has 2 aliphatic heterocycles. The molecule has 0 bridgehead atoms. The van der Waals surface area contributed by atoms with E-state index in [0.717, 1.165) is 60.3 Å². The number of anilines is 1. The maximum Gasteiger partial charge on any atom is 0.338 e. The van der Waals surface area contributed by atoms with E-state index in [1.165, 1.54) is 15.9 Å². The number of benzene rings is 4. The topological polar surface area (TPSA) is 80.3 Å². The predicted molar refractivity (Wildman–Crippen MR) is 188 cm³/mol. The van der Waals surface area contributed by atoms with Gasteiger partial charge in [-0.15, -0.1) is 0 Å². The summed E-state index contributed by atoms with van der Waals surface area (Å²) in [6, 6.07) is 26.9. The Morgan fingerprint density at radius 2 is 1.72 bits per heavy atom. The van der Waals surface area contributed by atoms with E-state index in [-0.39, 0.29) is 24.1 Å². The van der Waals surface area contributed by atoms with Crippen molar-refractivity contribution in [3.63, 3.8) is 0 Å². The first-order valence-electron chi connectivity index (χ1n) is 16.1. The molecule has 0 N–H and O–H groups in total. The molecule has 238 valence electrons. The first-order valence-corrected chi connectivity index (χ1v) is 16.1. The van der Waals surface area contributed by atoms with Gasteiger partial charge in [0.05, 0.1) is 16.6 Å². The number of carbonyl (C=O) groups excluding carboxylic acids is 1. The van der Waals surface area contributed by atoms with Gasteiger partial charge < -0.3 is 14.2 Å². The monoisotopic (exact) mass is 626 g/mol. The van der Waals surface area contributed by atoms with Gasteiger partial charge in [0.15, 0.2) is 5.58 Å². The van der Waals surface area contributed by atoms with E-state index in [9.17, 15) is 9.59 Å².